The summed E-state index contributed by atoms with van der Waals surface area (Å²) in [6.07, 6.45) is 5.53. The summed E-state index contributed by atoms with van der Waals surface area (Å²) in [7, 11) is -0.923. The minimum atomic E-state index is -0.923. The highest BCUT2D eigenvalue weighted by atomic mass is 32.3. The fourth-order valence-corrected chi connectivity index (χ4v) is 1.95. The van der Waals surface area contributed by atoms with E-state index in [4.69, 9.17) is 9.47 Å². The molecule has 6 heteroatoms. The lowest BCUT2D eigenvalue weighted by Gasteiger charge is -2.43. The minimum Gasteiger partial charge on any atom is -0.467 e. The average molecular weight is 347 g/mol. The maximum Gasteiger partial charge on any atom is 0.435 e. The molecule has 0 fully saturated rings. The largest absolute Gasteiger partial charge is 0.467 e. The van der Waals surface area contributed by atoms with E-state index in [1.165, 1.54) is 4.68 Å². The zero-order valence-corrected chi connectivity index (χ0v) is 17.2. The predicted octanol–water partition coefficient (Wildman–Crippen LogP) is 4.89. The number of carbonyl (C=O) groups is 1. The average Bonchev–Trinajstić information content (AvgIpc) is 2.84. The van der Waals surface area contributed by atoms with Crippen LogP contribution < -0.4 is 4.74 Å². The quantitative estimate of drug-likeness (QED) is 0.782. The van der Waals surface area contributed by atoms with Crippen molar-refractivity contribution in [3.8, 4) is 5.88 Å². The van der Waals surface area contributed by atoms with Gasteiger partial charge in [0.15, 0.2) is 0 Å². The van der Waals surface area contributed by atoms with Crippen molar-refractivity contribution in [1.29, 1.82) is 0 Å². The van der Waals surface area contributed by atoms with Gasteiger partial charge in [-0.15, -0.1) is 5.10 Å². The summed E-state index contributed by atoms with van der Waals surface area (Å²) in [6, 6.07) is 1.68. The molecule has 0 N–H and O–H groups in total. The molecule has 136 valence electrons. The van der Waals surface area contributed by atoms with Crippen molar-refractivity contribution in [2.45, 2.75) is 65.7 Å². The molecule has 0 spiro atoms. The summed E-state index contributed by atoms with van der Waals surface area (Å²) < 4.78 is 12.4. The molecular weight excluding hydrogens is 312 g/mol. The van der Waals surface area contributed by atoms with Crippen LogP contribution in [0.5, 0.6) is 5.88 Å². The van der Waals surface area contributed by atoms with Crippen molar-refractivity contribution in [1.82, 2.24) is 9.78 Å². The molecule has 1 aromatic rings. The molecule has 0 aliphatic heterocycles. The first kappa shape index (κ1) is 21.8. The number of carbonyl (C=O) groups excluding carboxylic acids is 1. The van der Waals surface area contributed by atoms with Gasteiger partial charge in [0.2, 0.25) is 5.88 Å². The van der Waals surface area contributed by atoms with Gasteiger partial charge in [-0.3, -0.25) is 0 Å². The Balaban J connectivity index is 0.00000232. The molecule has 1 aromatic heterocycles. The SMILES string of the molecule is CC.CC(C)(C)OC(=O)n1ccc(OCS(C)(C)C(C)(C)C)n1. The van der Waals surface area contributed by atoms with Crippen molar-refractivity contribution in [2.75, 3.05) is 18.5 Å². The first-order valence-corrected chi connectivity index (χ1v) is 10.6. The molecule has 0 radical (unpaired) electrons. The lowest BCUT2D eigenvalue weighted by molar-refractivity contribution is 0.0512. The first-order valence-electron chi connectivity index (χ1n) is 7.94. The molecule has 0 bridgehead atoms. The molecule has 0 unspecified atom stereocenters. The van der Waals surface area contributed by atoms with Gasteiger partial charge in [-0.2, -0.15) is 4.68 Å². The molecule has 0 saturated heterocycles. The van der Waals surface area contributed by atoms with Crippen molar-refractivity contribution < 1.29 is 14.3 Å². The summed E-state index contributed by atoms with van der Waals surface area (Å²) in [4.78, 5) is 11.9. The fourth-order valence-electron chi connectivity index (χ4n) is 1.18. The predicted molar refractivity (Wildman–Crippen MR) is 99.9 cm³/mol. The third kappa shape index (κ3) is 7.29. The Morgan fingerprint density at radius 2 is 1.70 bits per heavy atom. The molecule has 0 aliphatic rings. The Morgan fingerprint density at radius 3 is 2.13 bits per heavy atom. The van der Waals surface area contributed by atoms with Crippen LogP contribution in [0.3, 0.4) is 0 Å². The van der Waals surface area contributed by atoms with E-state index in [1.54, 1.807) is 12.3 Å². The minimum absolute atomic E-state index is 0.195. The Morgan fingerprint density at radius 1 is 1.17 bits per heavy atom. The van der Waals surface area contributed by atoms with Crippen LogP contribution in [0.4, 0.5) is 4.79 Å². The van der Waals surface area contributed by atoms with E-state index in [1.807, 2.05) is 34.6 Å². The third-order valence-electron chi connectivity index (χ3n) is 3.30. The number of ether oxygens (including phenoxy) is 2. The Kier molecular flexibility index (Phi) is 7.67. The van der Waals surface area contributed by atoms with Gasteiger partial charge in [-0.05, 0) is 38.0 Å². The molecule has 0 aliphatic carbocycles. The van der Waals surface area contributed by atoms with Gasteiger partial charge in [0.25, 0.3) is 0 Å². The number of hydrogen-bond acceptors (Lipinski definition) is 4. The summed E-state index contributed by atoms with van der Waals surface area (Å²) in [5.41, 5.74) is -0.539. The van der Waals surface area contributed by atoms with Crippen LogP contribution in [0.15, 0.2) is 12.3 Å². The highest BCUT2D eigenvalue weighted by molar-refractivity contribution is 8.33. The van der Waals surface area contributed by atoms with Gasteiger partial charge >= 0.3 is 6.09 Å². The van der Waals surface area contributed by atoms with Crippen molar-refractivity contribution >= 4 is 16.1 Å². The van der Waals surface area contributed by atoms with Gasteiger partial charge in [0, 0.05) is 12.3 Å². The second-order valence-corrected chi connectivity index (χ2v) is 12.0. The van der Waals surface area contributed by atoms with Crippen molar-refractivity contribution in [2.24, 2.45) is 0 Å². The Hall–Kier alpha value is -1.17. The lowest BCUT2D eigenvalue weighted by Crippen LogP contribution is -2.28. The molecule has 1 heterocycles. The zero-order chi connectivity index (χ0) is 18.5. The standard InChI is InChI=1S/C15H28N2O3S.C2H6/c1-14(2,3)20-13(18)17-10-9-12(16-17)19-11-21(7,8)15(4,5)6;1-2/h9-10H,11H2,1-8H3;1-2H3. The second-order valence-electron chi connectivity index (χ2n) is 7.49. The van der Waals surface area contributed by atoms with E-state index in [0.29, 0.717) is 11.8 Å². The van der Waals surface area contributed by atoms with Crippen molar-refractivity contribution in [3.63, 3.8) is 0 Å². The number of hydrogen-bond donors (Lipinski definition) is 0. The van der Waals surface area contributed by atoms with Crippen LogP contribution in [-0.2, 0) is 4.74 Å². The van der Waals surface area contributed by atoms with Crippen LogP contribution in [0.25, 0.3) is 0 Å². The third-order valence-corrected chi connectivity index (χ3v) is 7.33. The van der Waals surface area contributed by atoms with Gasteiger partial charge < -0.3 is 9.47 Å². The molecule has 23 heavy (non-hydrogen) atoms. The van der Waals surface area contributed by atoms with Crippen LogP contribution in [0.1, 0.15) is 55.4 Å². The lowest BCUT2D eigenvalue weighted by atomic mass is 10.2. The highest BCUT2D eigenvalue weighted by Crippen LogP contribution is 2.52. The zero-order valence-electron chi connectivity index (χ0n) is 16.4. The fraction of sp³-hybridized carbons (Fsp3) is 0.765. The molecule has 0 amide bonds. The smallest absolute Gasteiger partial charge is 0.435 e. The van der Waals surface area contributed by atoms with E-state index in [9.17, 15) is 4.79 Å². The van der Waals surface area contributed by atoms with Gasteiger partial charge in [0.05, 0.1) is 0 Å². The molecule has 5 nitrogen and oxygen atoms in total. The summed E-state index contributed by atoms with van der Waals surface area (Å²) in [5.74, 6) is 1.06. The maximum absolute atomic E-state index is 11.9. The molecule has 0 aromatic carbocycles. The van der Waals surface area contributed by atoms with E-state index in [-0.39, 0.29) is 4.75 Å². The topological polar surface area (TPSA) is 53.4 Å². The molecular formula is C17H34N2O3S. The summed E-state index contributed by atoms with van der Waals surface area (Å²) >= 11 is 0. The monoisotopic (exact) mass is 346 g/mol. The molecule has 0 saturated carbocycles. The van der Waals surface area contributed by atoms with Gasteiger partial charge in [0.1, 0.15) is 11.5 Å². The van der Waals surface area contributed by atoms with E-state index >= 15 is 0 Å². The first-order chi connectivity index (χ1) is 10.3. The van der Waals surface area contributed by atoms with Crippen molar-refractivity contribution in [3.05, 3.63) is 12.3 Å². The second kappa shape index (κ2) is 8.08. The molecule has 1 rings (SSSR count). The van der Waals surface area contributed by atoms with E-state index < -0.39 is 21.7 Å². The number of nitrogens with zero attached hydrogens (tertiary/aromatic N) is 2. The van der Waals surface area contributed by atoms with Crippen LogP contribution in [-0.4, -0.2) is 44.7 Å². The number of aromatic nitrogens is 2. The number of rotatable bonds is 3. The Labute approximate surface area is 143 Å². The highest BCUT2D eigenvalue weighted by Gasteiger charge is 2.28. The van der Waals surface area contributed by atoms with Crippen LogP contribution in [0.2, 0.25) is 0 Å². The normalized spacial score (nSPS) is 13.0. The molecule has 0 atom stereocenters. The van der Waals surface area contributed by atoms with Gasteiger partial charge in [-0.25, -0.2) is 14.8 Å². The summed E-state index contributed by atoms with van der Waals surface area (Å²) in [5, 5.41) is 4.11. The van der Waals surface area contributed by atoms with E-state index in [0.717, 1.165) is 0 Å². The summed E-state index contributed by atoms with van der Waals surface area (Å²) in [6.45, 7) is 16.1. The van der Waals surface area contributed by atoms with Gasteiger partial charge in [-0.1, -0.05) is 34.6 Å². The maximum atomic E-state index is 11.9. The van der Waals surface area contributed by atoms with Crippen LogP contribution >= 0.6 is 10.0 Å². The Bertz CT molecular complexity index is 497. The van der Waals surface area contributed by atoms with Crippen LogP contribution in [0, 0.1) is 0 Å². The van der Waals surface area contributed by atoms with E-state index in [2.05, 4.69) is 38.4 Å².